The summed E-state index contributed by atoms with van der Waals surface area (Å²) in [6.07, 6.45) is 5.48. The van der Waals surface area contributed by atoms with Crippen molar-refractivity contribution in [3.8, 4) is 5.75 Å². The van der Waals surface area contributed by atoms with E-state index in [1.807, 2.05) is 6.92 Å². The van der Waals surface area contributed by atoms with Gasteiger partial charge in [0.1, 0.15) is 5.75 Å². The van der Waals surface area contributed by atoms with Crippen LogP contribution in [-0.4, -0.2) is 29.6 Å². The van der Waals surface area contributed by atoms with Gasteiger partial charge in [-0.15, -0.1) is 0 Å². The molecule has 0 spiro atoms. The SMILES string of the molecule is CCCNC1CCC(NC(=O)c2ccc(O)cc2C)CC1. The van der Waals surface area contributed by atoms with Gasteiger partial charge >= 0.3 is 0 Å². The summed E-state index contributed by atoms with van der Waals surface area (Å²) in [6, 6.07) is 5.75. The molecule has 116 valence electrons. The van der Waals surface area contributed by atoms with Gasteiger partial charge in [-0.2, -0.15) is 0 Å². The van der Waals surface area contributed by atoms with Gasteiger partial charge in [-0.3, -0.25) is 4.79 Å². The lowest BCUT2D eigenvalue weighted by atomic mass is 9.91. The molecule has 1 aromatic carbocycles. The molecule has 0 radical (unpaired) electrons. The van der Waals surface area contributed by atoms with Crippen molar-refractivity contribution < 1.29 is 9.90 Å². The van der Waals surface area contributed by atoms with Crippen LogP contribution in [0.1, 0.15) is 54.9 Å². The molecule has 2 rings (SSSR count). The van der Waals surface area contributed by atoms with E-state index in [2.05, 4.69) is 17.6 Å². The van der Waals surface area contributed by atoms with Gasteiger partial charge < -0.3 is 15.7 Å². The molecule has 0 aromatic heterocycles. The predicted molar refractivity (Wildman–Crippen MR) is 84.6 cm³/mol. The molecule has 1 aromatic rings. The largest absolute Gasteiger partial charge is 0.508 e. The molecular weight excluding hydrogens is 264 g/mol. The van der Waals surface area contributed by atoms with Crippen molar-refractivity contribution in [3.63, 3.8) is 0 Å². The third-order valence-electron chi connectivity index (χ3n) is 4.20. The number of aryl methyl sites for hydroxylation is 1. The van der Waals surface area contributed by atoms with Crippen LogP contribution in [0.25, 0.3) is 0 Å². The average Bonchev–Trinajstić information content (AvgIpc) is 2.46. The lowest BCUT2D eigenvalue weighted by Gasteiger charge is -2.29. The summed E-state index contributed by atoms with van der Waals surface area (Å²) in [5.41, 5.74) is 1.46. The maximum Gasteiger partial charge on any atom is 0.251 e. The van der Waals surface area contributed by atoms with Gasteiger partial charge in [0.25, 0.3) is 5.91 Å². The van der Waals surface area contributed by atoms with Crippen LogP contribution in [0.15, 0.2) is 18.2 Å². The molecule has 0 atom stereocenters. The summed E-state index contributed by atoms with van der Waals surface area (Å²) in [4.78, 5) is 12.3. The maximum absolute atomic E-state index is 12.3. The molecule has 0 heterocycles. The van der Waals surface area contributed by atoms with Gasteiger partial charge in [-0.1, -0.05) is 6.92 Å². The first-order valence-electron chi connectivity index (χ1n) is 7.94. The van der Waals surface area contributed by atoms with E-state index in [0.717, 1.165) is 44.2 Å². The van der Waals surface area contributed by atoms with Crippen molar-refractivity contribution in [1.82, 2.24) is 10.6 Å². The quantitative estimate of drug-likeness (QED) is 0.781. The Morgan fingerprint density at radius 3 is 2.52 bits per heavy atom. The Hall–Kier alpha value is -1.55. The lowest BCUT2D eigenvalue weighted by Crippen LogP contribution is -2.42. The molecule has 0 bridgehead atoms. The first-order valence-corrected chi connectivity index (χ1v) is 7.94. The maximum atomic E-state index is 12.3. The highest BCUT2D eigenvalue weighted by atomic mass is 16.3. The standard InChI is InChI=1S/C17H26N2O2/c1-3-10-18-13-4-6-14(7-5-13)19-17(21)16-9-8-15(20)11-12(16)2/h8-9,11,13-14,18,20H,3-7,10H2,1-2H3,(H,19,21). The van der Waals surface area contributed by atoms with E-state index < -0.39 is 0 Å². The highest BCUT2D eigenvalue weighted by molar-refractivity contribution is 5.95. The number of phenolic OH excluding ortho intramolecular Hbond substituents is 1. The monoisotopic (exact) mass is 290 g/mol. The first kappa shape index (κ1) is 15.8. The van der Waals surface area contributed by atoms with Crippen LogP contribution in [0.5, 0.6) is 5.75 Å². The molecule has 1 fully saturated rings. The Morgan fingerprint density at radius 2 is 1.90 bits per heavy atom. The second-order valence-corrected chi connectivity index (χ2v) is 5.98. The van der Waals surface area contributed by atoms with E-state index in [1.165, 1.54) is 0 Å². The zero-order valence-corrected chi connectivity index (χ0v) is 13.0. The fourth-order valence-corrected chi connectivity index (χ4v) is 2.96. The van der Waals surface area contributed by atoms with Crippen molar-refractivity contribution in [1.29, 1.82) is 0 Å². The van der Waals surface area contributed by atoms with Crippen LogP contribution < -0.4 is 10.6 Å². The van der Waals surface area contributed by atoms with E-state index in [4.69, 9.17) is 0 Å². The molecule has 0 aliphatic heterocycles. The van der Waals surface area contributed by atoms with Crippen LogP contribution in [0.2, 0.25) is 0 Å². The minimum atomic E-state index is -0.0301. The van der Waals surface area contributed by atoms with Gasteiger partial charge in [0, 0.05) is 17.6 Å². The van der Waals surface area contributed by atoms with Crippen LogP contribution in [0, 0.1) is 6.92 Å². The number of benzene rings is 1. The van der Waals surface area contributed by atoms with Crippen molar-refractivity contribution in [3.05, 3.63) is 29.3 Å². The number of amides is 1. The van der Waals surface area contributed by atoms with Crippen molar-refractivity contribution >= 4 is 5.91 Å². The number of aromatic hydroxyl groups is 1. The molecule has 4 nitrogen and oxygen atoms in total. The van der Waals surface area contributed by atoms with Crippen LogP contribution in [-0.2, 0) is 0 Å². The summed E-state index contributed by atoms with van der Waals surface area (Å²) in [7, 11) is 0. The molecule has 0 unspecified atom stereocenters. The third-order valence-corrected chi connectivity index (χ3v) is 4.20. The number of hydrogen-bond donors (Lipinski definition) is 3. The normalized spacial score (nSPS) is 22.0. The second-order valence-electron chi connectivity index (χ2n) is 5.98. The summed E-state index contributed by atoms with van der Waals surface area (Å²) in [6.45, 7) is 5.10. The van der Waals surface area contributed by atoms with E-state index in [0.29, 0.717) is 11.6 Å². The van der Waals surface area contributed by atoms with Gasteiger partial charge in [0.2, 0.25) is 0 Å². The number of carbonyl (C=O) groups excluding carboxylic acids is 1. The molecule has 1 aliphatic carbocycles. The highest BCUT2D eigenvalue weighted by Gasteiger charge is 2.22. The highest BCUT2D eigenvalue weighted by Crippen LogP contribution is 2.20. The zero-order chi connectivity index (χ0) is 15.2. The summed E-state index contributed by atoms with van der Waals surface area (Å²) in [5.74, 6) is 0.170. The Bertz CT molecular complexity index is 480. The topological polar surface area (TPSA) is 61.4 Å². The van der Waals surface area contributed by atoms with Gasteiger partial charge in [0.05, 0.1) is 0 Å². The van der Waals surface area contributed by atoms with Crippen molar-refractivity contribution in [2.24, 2.45) is 0 Å². The van der Waals surface area contributed by atoms with Gasteiger partial charge in [0.15, 0.2) is 0 Å². The minimum Gasteiger partial charge on any atom is -0.508 e. The molecule has 0 saturated heterocycles. The lowest BCUT2D eigenvalue weighted by molar-refractivity contribution is 0.0923. The average molecular weight is 290 g/mol. The Morgan fingerprint density at radius 1 is 1.24 bits per heavy atom. The number of phenols is 1. The van der Waals surface area contributed by atoms with Crippen LogP contribution in [0.3, 0.4) is 0 Å². The molecule has 4 heteroatoms. The predicted octanol–water partition coefficient (Wildman–Crippen LogP) is 2.74. The van der Waals surface area contributed by atoms with Gasteiger partial charge in [-0.05, 0) is 69.3 Å². The molecule has 3 N–H and O–H groups in total. The second kappa shape index (κ2) is 7.46. The first-order chi connectivity index (χ1) is 10.1. The summed E-state index contributed by atoms with van der Waals surface area (Å²) < 4.78 is 0. The summed E-state index contributed by atoms with van der Waals surface area (Å²) >= 11 is 0. The van der Waals surface area contributed by atoms with E-state index in [9.17, 15) is 9.90 Å². The molecule has 21 heavy (non-hydrogen) atoms. The van der Waals surface area contributed by atoms with E-state index in [-0.39, 0.29) is 17.7 Å². The Labute approximate surface area is 126 Å². The summed E-state index contributed by atoms with van der Waals surface area (Å²) in [5, 5.41) is 16.1. The number of carbonyl (C=O) groups is 1. The molecule has 1 amide bonds. The number of rotatable bonds is 5. The molecule has 1 aliphatic rings. The zero-order valence-electron chi connectivity index (χ0n) is 13.0. The van der Waals surface area contributed by atoms with Crippen molar-refractivity contribution in [2.45, 2.75) is 58.0 Å². The minimum absolute atomic E-state index is 0.0301. The van der Waals surface area contributed by atoms with E-state index in [1.54, 1.807) is 18.2 Å². The van der Waals surface area contributed by atoms with Crippen LogP contribution in [0.4, 0.5) is 0 Å². The van der Waals surface area contributed by atoms with E-state index >= 15 is 0 Å². The fourth-order valence-electron chi connectivity index (χ4n) is 2.96. The van der Waals surface area contributed by atoms with Gasteiger partial charge in [-0.25, -0.2) is 0 Å². The van der Waals surface area contributed by atoms with Crippen molar-refractivity contribution in [2.75, 3.05) is 6.54 Å². The smallest absolute Gasteiger partial charge is 0.251 e. The third kappa shape index (κ3) is 4.46. The molecular formula is C17H26N2O2. The Balaban J connectivity index is 1.84. The van der Waals surface area contributed by atoms with Crippen LogP contribution >= 0.6 is 0 Å². The molecule has 1 saturated carbocycles. The number of hydrogen-bond acceptors (Lipinski definition) is 3. The number of nitrogens with one attached hydrogen (secondary N) is 2. The Kier molecular flexibility index (Phi) is 5.62. The fraction of sp³-hybridized carbons (Fsp3) is 0.588.